The van der Waals surface area contributed by atoms with E-state index in [0.29, 0.717) is 31.2 Å². The third-order valence-electron chi connectivity index (χ3n) is 3.60. The minimum atomic E-state index is -0.0186. The first kappa shape index (κ1) is 14.7. The maximum atomic E-state index is 11.8. The number of nitrogens with zero attached hydrogens (tertiary/aromatic N) is 2. The second-order valence-corrected chi connectivity index (χ2v) is 5.31. The Kier molecular flexibility index (Phi) is 4.80. The number of nitrogens with one attached hydrogen (secondary N) is 1. The summed E-state index contributed by atoms with van der Waals surface area (Å²) in [5.41, 5.74) is 0.879. The lowest BCUT2D eigenvalue weighted by atomic mass is 10.2. The molecule has 0 saturated carbocycles. The first-order valence-corrected chi connectivity index (χ1v) is 7.57. The molecule has 0 radical (unpaired) electrons. The highest BCUT2D eigenvalue weighted by molar-refractivity contribution is 5.76. The number of rotatable bonds is 6. The summed E-state index contributed by atoms with van der Waals surface area (Å²) in [4.78, 5) is 11.8. The van der Waals surface area contributed by atoms with E-state index in [9.17, 15) is 4.79 Å². The van der Waals surface area contributed by atoms with Gasteiger partial charge < -0.3 is 14.5 Å². The molecule has 1 aromatic carbocycles. The quantitative estimate of drug-likeness (QED) is 0.882. The van der Waals surface area contributed by atoms with Crippen LogP contribution in [-0.2, 0) is 16.0 Å². The van der Waals surface area contributed by atoms with Gasteiger partial charge in [-0.15, -0.1) is 10.2 Å². The summed E-state index contributed by atoms with van der Waals surface area (Å²) in [5.74, 6) is 0.941. The standard InChI is InChI=1S/C16H19N3O3/c20-14(17-11-13-7-4-10-21-13)8-9-15-18-19-16(22-15)12-5-2-1-3-6-12/h1-3,5-6,13H,4,7-11H2,(H,17,20)/t13-/m0/s1. The van der Waals surface area contributed by atoms with E-state index < -0.39 is 0 Å². The monoisotopic (exact) mass is 301 g/mol. The van der Waals surface area contributed by atoms with Gasteiger partial charge in [0.25, 0.3) is 0 Å². The normalized spacial score (nSPS) is 17.5. The van der Waals surface area contributed by atoms with E-state index in [1.807, 2.05) is 30.3 Å². The second-order valence-electron chi connectivity index (χ2n) is 5.31. The molecule has 1 saturated heterocycles. The van der Waals surface area contributed by atoms with Crippen LogP contribution in [0.3, 0.4) is 0 Å². The number of carbonyl (C=O) groups excluding carboxylic acids is 1. The molecule has 1 N–H and O–H groups in total. The minimum absolute atomic E-state index is 0.0186. The molecule has 0 aliphatic carbocycles. The summed E-state index contributed by atoms with van der Waals surface area (Å²) in [6, 6.07) is 9.58. The SMILES string of the molecule is O=C(CCc1nnc(-c2ccccc2)o1)NC[C@@H]1CCCO1. The topological polar surface area (TPSA) is 77.2 Å². The largest absolute Gasteiger partial charge is 0.421 e. The number of benzene rings is 1. The highest BCUT2D eigenvalue weighted by Gasteiger charge is 2.16. The Morgan fingerprint density at radius 2 is 2.14 bits per heavy atom. The van der Waals surface area contributed by atoms with E-state index in [4.69, 9.17) is 9.15 Å². The molecule has 0 spiro atoms. The lowest BCUT2D eigenvalue weighted by Crippen LogP contribution is -2.31. The van der Waals surface area contributed by atoms with Gasteiger partial charge in [0, 0.05) is 31.6 Å². The molecule has 3 rings (SSSR count). The Morgan fingerprint density at radius 3 is 2.91 bits per heavy atom. The molecule has 1 fully saturated rings. The molecule has 6 heteroatoms. The van der Waals surface area contributed by atoms with Crippen molar-refractivity contribution in [3.8, 4) is 11.5 Å². The summed E-state index contributed by atoms with van der Waals surface area (Å²) < 4.78 is 11.0. The molecule has 1 aliphatic rings. The van der Waals surface area contributed by atoms with Crippen molar-refractivity contribution >= 4 is 5.91 Å². The van der Waals surface area contributed by atoms with Crippen molar-refractivity contribution in [2.45, 2.75) is 31.8 Å². The van der Waals surface area contributed by atoms with E-state index in [1.165, 1.54) is 0 Å². The van der Waals surface area contributed by atoms with Crippen molar-refractivity contribution in [3.63, 3.8) is 0 Å². The van der Waals surface area contributed by atoms with Crippen LogP contribution in [0.4, 0.5) is 0 Å². The highest BCUT2D eigenvalue weighted by Crippen LogP contribution is 2.17. The number of hydrogen-bond acceptors (Lipinski definition) is 5. The molecule has 0 bridgehead atoms. The number of aromatic nitrogens is 2. The molecule has 22 heavy (non-hydrogen) atoms. The van der Waals surface area contributed by atoms with Gasteiger partial charge in [0.1, 0.15) is 0 Å². The number of ether oxygens (including phenoxy) is 1. The first-order chi connectivity index (χ1) is 10.8. The van der Waals surface area contributed by atoms with Crippen LogP contribution in [0.1, 0.15) is 25.2 Å². The number of hydrogen-bond donors (Lipinski definition) is 1. The van der Waals surface area contributed by atoms with Gasteiger partial charge in [-0.05, 0) is 25.0 Å². The van der Waals surface area contributed by atoms with E-state index in [1.54, 1.807) is 0 Å². The number of carbonyl (C=O) groups is 1. The Balaban J connectivity index is 1.45. The van der Waals surface area contributed by atoms with Gasteiger partial charge in [-0.3, -0.25) is 4.79 Å². The van der Waals surface area contributed by atoms with Crippen molar-refractivity contribution in [1.82, 2.24) is 15.5 Å². The van der Waals surface area contributed by atoms with Crippen LogP contribution in [0.2, 0.25) is 0 Å². The van der Waals surface area contributed by atoms with Crippen molar-refractivity contribution in [2.75, 3.05) is 13.2 Å². The fourth-order valence-corrected chi connectivity index (χ4v) is 2.39. The number of amides is 1. The summed E-state index contributed by atoms with van der Waals surface area (Å²) in [5, 5.41) is 10.9. The molecule has 1 aliphatic heterocycles. The van der Waals surface area contributed by atoms with Crippen LogP contribution in [0, 0.1) is 0 Å². The van der Waals surface area contributed by atoms with E-state index in [-0.39, 0.29) is 12.0 Å². The zero-order valence-corrected chi connectivity index (χ0v) is 12.3. The Morgan fingerprint density at radius 1 is 1.27 bits per heavy atom. The second kappa shape index (κ2) is 7.17. The molecule has 116 valence electrons. The predicted molar refractivity (Wildman–Crippen MR) is 80.0 cm³/mol. The third kappa shape index (κ3) is 3.92. The van der Waals surface area contributed by atoms with Crippen LogP contribution in [-0.4, -0.2) is 35.4 Å². The molecular weight excluding hydrogens is 282 g/mol. The van der Waals surface area contributed by atoms with Gasteiger partial charge in [-0.2, -0.15) is 0 Å². The fourth-order valence-electron chi connectivity index (χ4n) is 2.39. The van der Waals surface area contributed by atoms with Crippen LogP contribution in [0.15, 0.2) is 34.7 Å². The smallest absolute Gasteiger partial charge is 0.247 e. The van der Waals surface area contributed by atoms with Crippen molar-refractivity contribution in [3.05, 3.63) is 36.2 Å². The van der Waals surface area contributed by atoms with E-state index >= 15 is 0 Å². The molecule has 1 atom stereocenters. The van der Waals surface area contributed by atoms with Crippen LogP contribution < -0.4 is 5.32 Å². The van der Waals surface area contributed by atoms with Crippen molar-refractivity contribution in [1.29, 1.82) is 0 Å². The lowest BCUT2D eigenvalue weighted by molar-refractivity contribution is -0.121. The van der Waals surface area contributed by atoms with Crippen LogP contribution in [0.5, 0.6) is 0 Å². The van der Waals surface area contributed by atoms with Gasteiger partial charge in [0.15, 0.2) is 0 Å². The van der Waals surface area contributed by atoms with Gasteiger partial charge in [0.2, 0.25) is 17.7 Å². The third-order valence-corrected chi connectivity index (χ3v) is 3.60. The molecule has 2 aromatic rings. The zero-order chi connectivity index (χ0) is 15.2. The fraction of sp³-hybridized carbons (Fsp3) is 0.438. The van der Waals surface area contributed by atoms with E-state index in [0.717, 1.165) is 25.0 Å². The van der Waals surface area contributed by atoms with Crippen molar-refractivity contribution < 1.29 is 13.9 Å². The van der Waals surface area contributed by atoms with Gasteiger partial charge in [-0.25, -0.2) is 0 Å². The average molecular weight is 301 g/mol. The van der Waals surface area contributed by atoms with Crippen LogP contribution in [0.25, 0.3) is 11.5 Å². The first-order valence-electron chi connectivity index (χ1n) is 7.57. The molecule has 2 heterocycles. The summed E-state index contributed by atoms with van der Waals surface area (Å²) in [7, 11) is 0. The lowest BCUT2D eigenvalue weighted by Gasteiger charge is -2.10. The molecule has 0 unspecified atom stereocenters. The predicted octanol–water partition coefficient (Wildman–Crippen LogP) is 1.96. The Labute approximate surface area is 128 Å². The summed E-state index contributed by atoms with van der Waals surface area (Å²) in [6.07, 6.45) is 3.03. The number of aryl methyl sites for hydroxylation is 1. The zero-order valence-electron chi connectivity index (χ0n) is 12.3. The molecule has 1 amide bonds. The maximum Gasteiger partial charge on any atom is 0.247 e. The Hall–Kier alpha value is -2.21. The van der Waals surface area contributed by atoms with Gasteiger partial charge >= 0.3 is 0 Å². The molecular formula is C16H19N3O3. The van der Waals surface area contributed by atoms with Crippen molar-refractivity contribution in [2.24, 2.45) is 0 Å². The van der Waals surface area contributed by atoms with Crippen LogP contribution >= 0.6 is 0 Å². The van der Waals surface area contributed by atoms with E-state index in [2.05, 4.69) is 15.5 Å². The van der Waals surface area contributed by atoms with Gasteiger partial charge in [0.05, 0.1) is 6.10 Å². The summed E-state index contributed by atoms with van der Waals surface area (Å²) in [6.45, 7) is 1.38. The van der Waals surface area contributed by atoms with Gasteiger partial charge in [-0.1, -0.05) is 18.2 Å². The maximum absolute atomic E-state index is 11.8. The summed E-state index contributed by atoms with van der Waals surface area (Å²) >= 11 is 0. The Bertz CT molecular complexity index is 606. The molecule has 1 aromatic heterocycles. The average Bonchev–Trinajstić information content (AvgIpc) is 3.23. The minimum Gasteiger partial charge on any atom is -0.421 e. The molecule has 6 nitrogen and oxygen atoms in total. The highest BCUT2D eigenvalue weighted by atomic mass is 16.5.